The number of carbonyl (C=O) groups excluding carboxylic acids is 2. The average molecular weight is 603 g/mol. The van der Waals surface area contributed by atoms with Crippen molar-refractivity contribution in [3.63, 3.8) is 0 Å². The molecule has 0 aromatic heterocycles. The minimum Gasteiger partial charge on any atom is -0.455 e. The topological polar surface area (TPSA) is 144 Å². The number of epoxide rings is 1. The van der Waals surface area contributed by atoms with E-state index in [0.29, 0.717) is 16.7 Å². The Hall–Kier alpha value is -3.22. The molecular weight excluding hydrogens is 568 g/mol. The number of rotatable bonds is 5. The first kappa shape index (κ1) is 28.3. The van der Waals surface area contributed by atoms with E-state index in [1.54, 1.807) is 74.5 Å². The molecule has 10 heteroatoms. The molecule has 10 nitrogen and oxygen atoms in total. The molecule has 8 rings (SSSR count). The molecule has 5 fully saturated rings. The van der Waals surface area contributed by atoms with Crippen LogP contribution in [0.25, 0.3) is 0 Å². The Bertz CT molecular complexity index is 1620. The zero-order chi connectivity index (χ0) is 31.0. The third kappa shape index (κ3) is 3.00. The molecule has 0 unspecified atom stereocenters. The summed E-state index contributed by atoms with van der Waals surface area (Å²) in [5.74, 6) is -5.87. The number of Topliss-reactive ketones (excluding diaryl/α,β-unsaturated/α-hetero) is 1. The molecule has 2 aromatic rings. The molecule has 3 aliphatic carbocycles. The van der Waals surface area contributed by atoms with E-state index in [-0.39, 0.29) is 5.57 Å². The van der Waals surface area contributed by atoms with Gasteiger partial charge in [0.15, 0.2) is 17.0 Å². The normalized spacial score (nSPS) is 47.6. The summed E-state index contributed by atoms with van der Waals surface area (Å²) in [6, 6.07) is 17.6. The van der Waals surface area contributed by atoms with Gasteiger partial charge in [0, 0.05) is 23.3 Å². The molecule has 2 aromatic carbocycles. The Morgan fingerprint density at radius 1 is 1.02 bits per heavy atom. The summed E-state index contributed by atoms with van der Waals surface area (Å²) in [6.07, 6.45) is -3.09. The van der Waals surface area contributed by atoms with Gasteiger partial charge < -0.3 is 39.0 Å². The predicted molar refractivity (Wildman–Crippen MR) is 152 cm³/mol. The molecule has 6 aliphatic rings. The van der Waals surface area contributed by atoms with E-state index in [9.17, 15) is 24.9 Å². The first-order valence-electron chi connectivity index (χ1n) is 14.9. The van der Waals surface area contributed by atoms with E-state index in [4.69, 9.17) is 23.7 Å². The van der Waals surface area contributed by atoms with Crippen molar-refractivity contribution in [2.75, 3.05) is 6.61 Å². The highest BCUT2D eigenvalue weighted by atomic mass is 16.9. The van der Waals surface area contributed by atoms with Crippen LogP contribution in [-0.2, 0) is 34.5 Å². The van der Waals surface area contributed by atoms with Crippen molar-refractivity contribution in [3.05, 3.63) is 95.6 Å². The van der Waals surface area contributed by atoms with Gasteiger partial charge in [-0.1, -0.05) is 68.1 Å². The highest BCUT2D eigenvalue weighted by Crippen LogP contribution is 2.74. The first-order chi connectivity index (χ1) is 20.9. The Morgan fingerprint density at radius 2 is 1.68 bits per heavy atom. The van der Waals surface area contributed by atoms with E-state index in [2.05, 4.69) is 6.58 Å². The number of esters is 1. The fraction of sp³-hybridized carbons (Fsp3) is 0.471. The number of hydrogen-bond donors (Lipinski definition) is 3. The second kappa shape index (κ2) is 8.73. The molecule has 12 atom stereocenters. The minimum absolute atomic E-state index is 0.232. The Kier molecular flexibility index (Phi) is 5.61. The molecule has 0 radical (unpaired) electrons. The molecule has 230 valence electrons. The van der Waals surface area contributed by atoms with Crippen LogP contribution in [-0.4, -0.2) is 80.5 Å². The number of fused-ring (bicyclic) bond motifs is 3. The summed E-state index contributed by atoms with van der Waals surface area (Å²) in [5, 5.41) is 34.8. The van der Waals surface area contributed by atoms with E-state index in [1.807, 2.05) is 13.0 Å². The van der Waals surface area contributed by atoms with Crippen LogP contribution in [0.4, 0.5) is 0 Å². The highest BCUT2D eigenvalue weighted by molar-refractivity contribution is 6.05. The van der Waals surface area contributed by atoms with Crippen molar-refractivity contribution in [2.45, 2.75) is 73.6 Å². The molecule has 3 heterocycles. The monoisotopic (exact) mass is 602 g/mol. The molecule has 3 bridgehead atoms. The van der Waals surface area contributed by atoms with Crippen molar-refractivity contribution in [3.8, 4) is 0 Å². The van der Waals surface area contributed by atoms with Crippen LogP contribution in [0, 0.1) is 17.8 Å². The summed E-state index contributed by atoms with van der Waals surface area (Å²) >= 11 is 0. The first-order valence-corrected chi connectivity index (χ1v) is 14.9. The SMILES string of the molecule is C=C(C)[C@@]12O[C@]3(c4ccccc4)O[C@@H]1[C@@H]1[C@H]4O[C@]4(CO)[C@@H](O)[C@]4(O)C(=O)C(C)=C[C@@H]4[C@]1(O3)[C@@H](C)[C@@H]2OC(=O)c1ccccc1. The number of aliphatic hydroxyl groups is 3. The number of carbonyl (C=O) groups is 2. The predicted octanol–water partition coefficient (Wildman–Crippen LogP) is 2.17. The second-order valence-electron chi connectivity index (χ2n) is 13.1. The Morgan fingerprint density at radius 3 is 2.32 bits per heavy atom. The summed E-state index contributed by atoms with van der Waals surface area (Å²) in [6.45, 7) is 8.80. The lowest BCUT2D eigenvalue weighted by molar-refractivity contribution is -0.440. The lowest BCUT2D eigenvalue weighted by Gasteiger charge is -2.61. The van der Waals surface area contributed by atoms with E-state index in [0.717, 1.165) is 0 Å². The lowest BCUT2D eigenvalue weighted by atomic mass is 9.53. The van der Waals surface area contributed by atoms with Crippen LogP contribution in [0.1, 0.15) is 36.7 Å². The van der Waals surface area contributed by atoms with Gasteiger partial charge in [-0.3, -0.25) is 4.79 Å². The van der Waals surface area contributed by atoms with Gasteiger partial charge in [0.25, 0.3) is 0 Å². The molecule has 44 heavy (non-hydrogen) atoms. The number of hydrogen-bond acceptors (Lipinski definition) is 10. The number of aliphatic hydroxyl groups excluding tert-OH is 2. The number of ketones is 1. The highest BCUT2D eigenvalue weighted by Gasteiger charge is 2.90. The lowest BCUT2D eigenvalue weighted by Crippen LogP contribution is -2.76. The summed E-state index contributed by atoms with van der Waals surface area (Å²) in [7, 11) is 0. The summed E-state index contributed by atoms with van der Waals surface area (Å²) in [5.41, 5.74) is -5.56. The average Bonchev–Trinajstić information content (AvgIpc) is 3.65. The minimum atomic E-state index is -2.42. The van der Waals surface area contributed by atoms with Gasteiger partial charge >= 0.3 is 11.9 Å². The third-order valence-corrected chi connectivity index (χ3v) is 11.1. The van der Waals surface area contributed by atoms with E-state index < -0.39 is 88.9 Å². The number of benzene rings is 2. The summed E-state index contributed by atoms with van der Waals surface area (Å²) < 4.78 is 33.4. The Balaban J connectivity index is 1.41. The van der Waals surface area contributed by atoms with Gasteiger partial charge in [-0.2, -0.15) is 0 Å². The maximum atomic E-state index is 13.8. The third-order valence-electron chi connectivity index (χ3n) is 11.1. The molecule has 2 saturated carbocycles. The fourth-order valence-electron chi connectivity index (χ4n) is 9.07. The summed E-state index contributed by atoms with van der Waals surface area (Å²) in [4.78, 5) is 27.5. The van der Waals surface area contributed by atoms with Crippen LogP contribution in [0.2, 0.25) is 0 Å². The van der Waals surface area contributed by atoms with Gasteiger partial charge in [-0.15, -0.1) is 0 Å². The van der Waals surface area contributed by atoms with Crippen molar-refractivity contribution in [1.82, 2.24) is 0 Å². The van der Waals surface area contributed by atoms with E-state index in [1.165, 1.54) is 0 Å². The van der Waals surface area contributed by atoms with Gasteiger partial charge in [-0.25, -0.2) is 4.79 Å². The van der Waals surface area contributed by atoms with Crippen LogP contribution in [0.15, 0.2) is 84.5 Å². The largest absolute Gasteiger partial charge is 0.455 e. The van der Waals surface area contributed by atoms with Crippen molar-refractivity contribution < 1.29 is 48.6 Å². The van der Waals surface area contributed by atoms with E-state index >= 15 is 0 Å². The maximum absolute atomic E-state index is 13.8. The molecule has 3 aliphatic heterocycles. The molecule has 0 amide bonds. The van der Waals surface area contributed by atoms with Crippen LogP contribution in [0.3, 0.4) is 0 Å². The molecular formula is C34H34O10. The molecule has 0 spiro atoms. The van der Waals surface area contributed by atoms with Crippen molar-refractivity contribution in [2.24, 2.45) is 17.8 Å². The second-order valence-corrected chi connectivity index (χ2v) is 13.1. The van der Waals surface area contributed by atoms with Gasteiger partial charge in [-0.05, 0) is 37.1 Å². The quantitative estimate of drug-likeness (QED) is 0.265. The van der Waals surface area contributed by atoms with Crippen molar-refractivity contribution in [1.29, 1.82) is 0 Å². The van der Waals surface area contributed by atoms with Gasteiger partial charge in [0.1, 0.15) is 30.0 Å². The Labute approximate surface area is 253 Å². The van der Waals surface area contributed by atoms with Crippen LogP contribution < -0.4 is 0 Å². The van der Waals surface area contributed by atoms with Crippen LogP contribution >= 0.6 is 0 Å². The zero-order valence-electron chi connectivity index (χ0n) is 24.5. The standard InChI is InChI=1S/C34H34O10/c1-17(2)32-25(40-28(37)20-11-7-5-8-12-20)19(4)33-22-15-18(3)24(36)31(22,39)29(38)30(16-35)26(41-30)23(33)27(32)42-34(43-32,44-33)21-13-9-6-10-14-21/h5-15,19,22-23,25-27,29,35,38-39H,1,16H2,2-4H3/t19-,22-,23-,25-,26+,27+,29+,30-,31+,32-,33+,34-/m0/s1. The van der Waals surface area contributed by atoms with Gasteiger partial charge in [0.2, 0.25) is 0 Å². The number of ether oxygens (including phenoxy) is 5. The molecule has 3 N–H and O–H groups in total. The van der Waals surface area contributed by atoms with Gasteiger partial charge in [0.05, 0.1) is 17.8 Å². The zero-order valence-corrected chi connectivity index (χ0v) is 24.5. The fourth-order valence-corrected chi connectivity index (χ4v) is 9.07. The van der Waals surface area contributed by atoms with Crippen molar-refractivity contribution >= 4 is 11.8 Å². The smallest absolute Gasteiger partial charge is 0.338 e. The van der Waals surface area contributed by atoms with Crippen LogP contribution in [0.5, 0.6) is 0 Å². The molecule has 3 saturated heterocycles. The maximum Gasteiger partial charge on any atom is 0.338 e.